The zero-order valence-electron chi connectivity index (χ0n) is 12.3. The van der Waals surface area contributed by atoms with Crippen molar-refractivity contribution in [2.75, 3.05) is 14.1 Å². The highest BCUT2D eigenvalue weighted by Gasteiger charge is 2.11. The number of fused-ring (bicyclic) bond motifs is 1. The first-order chi connectivity index (χ1) is 10.6. The standard InChI is InChI=1S/C15H15FN6/c1-21(2)9-20-14-13-15(18-8-17-14)22(10-19-13)7-11-5-3-4-6-12(11)16/h3-6,8-10H,7H2,1-2H3/b20-9+. The molecule has 3 aromatic rings. The first kappa shape index (κ1) is 14.1. The molecule has 0 bridgehead atoms. The fourth-order valence-corrected chi connectivity index (χ4v) is 2.06. The molecule has 0 fully saturated rings. The molecule has 112 valence electrons. The number of aliphatic imine (C=N–C) groups is 1. The van der Waals surface area contributed by atoms with Gasteiger partial charge in [-0.3, -0.25) is 0 Å². The molecule has 7 heteroatoms. The number of rotatable bonds is 4. The van der Waals surface area contributed by atoms with Gasteiger partial charge in [-0.1, -0.05) is 18.2 Å². The molecule has 6 nitrogen and oxygen atoms in total. The van der Waals surface area contributed by atoms with Gasteiger partial charge in [-0.05, 0) is 6.07 Å². The second kappa shape index (κ2) is 5.88. The third-order valence-corrected chi connectivity index (χ3v) is 3.09. The van der Waals surface area contributed by atoms with Gasteiger partial charge >= 0.3 is 0 Å². The minimum absolute atomic E-state index is 0.246. The zero-order valence-corrected chi connectivity index (χ0v) is 12.3. The van der Waals surface area contributed by atoms with Gasteiger partial charge < -0.3 is 9.47 Å². The van der Waals surface area contributed by atoms with E-state index in [0.717, 1.165) is 0 Å². The summed E-state index contributed by atoms with van der Waals surface area (Å²) < 4.78 is 15.6. The average molecular weight is 298 g/mol. The Hall–Kier alpha value is -2.83. The fraction of sp³-hybridized carbons (Fsp3) is 0.200. The molecule has 0 radical (unpaired) electrons. The molecule has 0 atom stereocenters. The lowest BCUT2D eigenvalue weighted by Crippen LogP contribution is -2.07. The Bertz CT molecular complexity index is 824. The normalized spacial score (nSPS) is 11.4. The molecule has 1 aromatic carbocycles. The van der Waals surface area contributed by atoms with Crippen LogP contribution in [0.3, 0.4) is 0 Å². The van der Waals surface area contributed by atoms with Crippen molar-refractivity contribution in [1.82, 2.24) is 24.4 Å². The lowest BCUT2D eigenvalue weighted by molar-refractivity contribution is 0.601. The highest BCUT2D eigenvalue weighted by atomic mass is 19.1. The average Bonchev–Trinajstić information content (AvgIpc) is 2.91. The predicted octanol–water partition coefficient (Wildman–Crippen LogP) is 2.24. The minimum Gasteiger partial charge on any atom is -0.369 e. The molecule has 0 unspecified atom stereocenters. The first-order valence-corrected chi connectivity index (χ1v) is 6.75. The largest absolute Gasteiger partial charge is 0.369 e. The van der Waals surface area contributed by atoms with Gasteiger partial charge in [-0.2, -0.15) is 0 Å². The van der Waals surface area contributed by atoms with E-state index in [0.29, 0.717) is 29.1 Å². The third-order valence-electron chi connectivity index (χ3n) is 3.09. The summed E-state index contributed by atoms with van der Waals surface area (Å²) in [6.07, 6.45) is 4.71. The molecule has 0 N–H and O–H groups in total. The van der Waals surface area contributed by atoms with Crippen molar-refractivity contribution < 1.29 is 4.39 Å². The molecule has 0 spiro atoms. The summed E-state index contributed by atoms with van der Waals surface area (Å²) in [7, 11) is 3.75. The quantitative estimate of drug-likeness (QED) is 0.547. The van der Waals surface area contributed by atoms with E-state index in [1.807, 2.05) is 19.0 Å². The monoisotopic (exact) mass is 298 g/mol. The number of hydrogen-bond donors (Lipinski definition) is 0. The molecule has 2 aromatic heterocycles. The fourth-order valence-electron chi connectivity index (χ4n) is 2.06. The molecule has 3 rings (SSSR count). The van der Waals surface area contributed by atoms with Gasteiger partial charge in [0.2, 0.25) is 0 Å². The summed E-state index contributed by atoms with van der Waals surface area (Å²) >= 11 is 0. The van der Waals surface area contributed by atoms with E-state index in [4.69, 9.17) is 0 Å². The van der Waals surface area contributed by atoms with Crippen LogP contribution in [0.5, 0.6) is 0 Å². The van der Waals surface area contributed by atoms with Crippen LogP contribution in [-0.4, -0.2) is 44.9 Å². The van der Waals surface area contributed by atoms with Crippen LogP contribution < -0.4 is 0 Å². The lowest BCUT2D eigenvalue weighted by atomic mass is 10.2. The van der Waals surface area contributed by atoms with Crippen LogP contribution >= 0.6 is 0 Å². The molecule has 0 aliphatic rings. The maximum Gasteiger partial charge on any atom is 0.184 e. The third kappa shape index (κ3) is 2.78. The van der Waals surface area contributed by atoms with Crippen LogP contribution in [0.4, 0.5) is 10.2 Å². The van der Waals surface area contributed by atoms with Gasteiger partial charge in [0.1, 0.15) is 12.1 Å². The molecule has 0 amide bonds. The van der Waals surface area contributed by atoms with Crippen LogP contribution in [0.15, 0.2) is 41.9 Å². The van der Waals surface area contributed by atoms with E-state index in [-0.39, 0.29) is 5.82 Å². The zero-order chi connectivity index (χ0) is 15.5. The molecule has 2 heterocycles. The van der Waals surface area contributed by atoms with Gasteiger partial charge in [0.15, 0.2) is 17.0 Å². The summed E-state index contributed by atoms with van der Waals surface area (Å²) in [6.45, 7) is 0.358. The second-order valence-electron chi connectivity index (χ2n) is 5.04. The second-order valence-corrected chi connectivity index (χ2v) is 5.04. The summed E-state index contributed by atoms with van der Waals surface area (Å²) in [5.41, 5.74) is 1.81. The van der Waals surface area contributed by atoms with E-state index in [2.05, 4.69) is 19.9 Å². The van der Waals surface area contributed by atoms with Gasteiger partial charge in [0.05, 0.1) is 19.2 Å². The number of nitrogens with zero attached hydrogens (tertiary/aromatic N) is 6. The van der Waals surface area contributed by atoms with Crippen LogP contribution in [0, 0.1) is 5.82 Å². The van der Waals surface area contributed by atoms with Crippen LogP contribution in [-0.2, 0) is 6.54 Å². The Labute approximate surface area is 127 Å². The topological polar surface area (TPSA) is 59.2 Å². The molecule has 0 aliphatic heterocycles. The maximum atomic E-state index is 13.8. The minimum atomic E-state index is -0.246. The Balaban J connectivity index is 1.99. The number of benzene rings is 1. The number of aromatic nitrogens is 4. The highest BCUT2D eigenvalue weighted by Crippen LogP contribution is 2.21. The highest BCUT2D eigenvalue weighted by molar-refractivity contribution is 5.82. The van der Waals surface area contributed by atoms with Gasteiger partial charge in [-0.25, -0.2) is 24.3 Å². The van der Waals surface area contributed by atoms with E-state index < -0.39 is 0 Å². The van der Waals surface area contributed by atoms with E-state index >= 15 is 0 Å². The van der Waals surface area contributed by atoms with E-state index in [1.165, 1.54) is 12.4 Å². The van der Waals surface area contributed by atoms with Crippen LogP contribution in [0.1, 0.15) is 5.56 Å². The van der Waals surface area contributed by atoms with Crippen molar-refractivity contribution in [3.05, 3.63) is 48.3 Å². The summed E-state index contributed by atoms with van der Waals surface area (Å²) in [5.74, 6) is 0.246. The van der Waals surface area contributed by atoms with Crippen LogP contribution in [0.2, 0.25) is 0 Å². The molecule has 0 aliphatic carbocycles. The summed E-state index contributed by atoms with van der Waals surface area (Å²) in [4.78, 5) is 18.8. The van der Waals surface area contributed by atoms with Crippen molar-refractivity contribution in [2.24, 2.45) is 4.99 Å². The molecular formula is C15H15FN6. The SMILES string of the molecule is CN(C)/C=N/c1ncnc2c1ncn2Cc1ccccc1F. The van der Waals surface area contributed by atoms with Crippen molar-refractivity contribution in [3.8, 4) is 0 Å². The Kier molecular flexibility index (Phi) is 3.78. The van der Waals surface area contributed by atoms with Crippen molar-refractivity contribution in [1.29, 1.82) is 0 Å². The smallest absolute Gasteiger partial charge is 0.184 e. The first-order valence-electron chi connectivity index (χ1n) is 6.75. The summed E-state index contributed by atoms with van der Waals surface area (Å²) in [5, 5.41) is 0. The summed E-state index contributed by atoms with van der Waals surface area (Å²) in [6, 6.07) is 6.66. The van der Waals surface area contributed by atoms with Crippen LogP contribution in [0.25, 0.3) is 11.2 Å². The number of halogens is 1. The number of hydrogen-bond acceptors (Lipinski definition) is 4. The molecule has 0 saturated heterocycles. The van der Waals surface area contributed by atoms with E-state index in [9.17, 15) is 4.39 Å². The van der Waals surface area contributed by atoms with E-state index in [1.54, 1.807) is 35.4 Å². The Morgan fingerprint density at radius 3 is 2.82 bits per heavy atom. The number of imidazole rings is 1. The maximum absolute atomic E-state index is 13.8. The predicted molar refractivity (Wildman–Crippen MR) is 82.7 cm³/mol. The Morgan fingerprint density at radius 1 is 1.23 bits per heavy atom. The van der Waals surface area contributed by atoms with Crippen molar-refractivity contribution in [2.45, 2.75) is 6.54 Å². The molecular weight excluding hydrogens is 283 g/mol. The molecule has 0 saturated carbocycles. The van der Waals surface area contributed by atoms with Crippen molar-refractivity contribution >= 4 is 23.3 Å². The van der Waals surface area contributed by atoms with Gasteiger partial charge in [0.25, 0.3) is 0 Å². The van der Waals surface area contributed by atoms with Gasteiger partial charge in [0, 0.05) is 19.7 Å². The Morgan fingerprint density at radius 2 is 2.05 bits per heavy atom. The molecule has 22 heavy (non-hydrogen) atoms. The van der Waals surface area contributed by atoms with Crippen molar-refractivity contribution in [3.63, 3.8) is 0 Å². The van der Waals surface area contributed by atoms with Gasteiger partial charge in [-0.15, -0.1) is 0 Å². The lowest BCUT2D eigenvalue weighted by Gasteiger charge is -2.05.